The average molecular weight is 263 g/mol. The number of aliphatic hydroxyl groups is 1. The third kappa shape index (κ3) is 3.16. The van der Waals surface area contributed by atoms with Crippen LogP contribution in [0, 0.1) is 0 Å². The van der Waals surface area contributed by atoms with E-state index in [1.165, 1.54) is 0 Å². The summed E-state index contributed by atoms with van der Waals surface area (Å²) in [6, 6.07) is 3.64. The predicted octanol–water partition coefficient (Wildman–Crippen LogP) is 1.21. The lowest BCUT2D eigenvalue weighted by atomic mass is 9.75. The standard InChI is InChI=1S/C14H22BNO3/c1-13(2,17)14(3,4)19-15(18)11-6-5-9-16-12(11)10-7-8-10/h5-6,9-10,17-18H,7-8H2,1-4H3. The summed E-state index contributed by atoms with van der Waals surface area (Å²) in [7, 11) is -1.06. The Hall–Kier alpha value is -0.905. The Labute approximate surface area is 115 Å². The van der Waals surface area contributed by atoms with E-state index in [4.69, 9.17) is 4.65 Å². The van der Waals surface area contributed by atoms with Gasteiger partial charge in [-0.05, 0) is 46.6 Å². The first kappa shape index (κ1) is 14.5. The first-order chi connectivity index (χ1) is 8.72. The molecule has 0 radical (unpaired) electrons. The van der Waals surface area contributed by atoms with Gasteiger partial charge in [0, 0.05) is 23.3 Å². The molecule has 1 aromatic heterocycles. The molecule has 104 valence electrons. The maximum absolute atomic E-state index is 10.3. The zero-order valence-electron chi connectivity index (χ0n) is 12.1. The van der Waals surface area contributed by atoms with E-state index in [0.717, 1.165) is 18.5 Å². The van der Waals surface area contributed by atoms with Gasteiger partial charge in [0.05, 0.1) is 11.2 Å². The van der Waals surface area contributed by atoms with Crippen molar-refractivity contribution in [1.82, 2.24) is 4.98 Å². The first-order valence-corrected chi connectivity index (χ1v) is 6.75. The van der Waals surface area contributed by atoms with E-state index in [2.05, 4.69) is 4.98 Å². The highest BCUT2D eigenvalue weighted by atomic mass is 16.5. The van der Waals surface area contributed by atoms with Crippen molar-refractivity contribution in [3.63, 3.8) is 0 Å². The van der Waals surface area contributed by atoms with Gasteiger partial charge < -0.3 is 14.8 Å². The van der Waals surface area contributed by atoms with Crippen LogP contribution in [-0.4, -0.2) is 33.4 Å². The molecule has 0 atom stereocenters. The van der Waals surface area contributed by atoms with Crippen molar-refractivity contribution < 1.29 is 14.8 Å². The average Bonchev–Trinajstić information content (AvgIpc) is 3.10. The molecule has 2 N–H and O–H groups in total. The van der Waals surface area contributed by atoms with Gasteiger partial charge in [-0.3, -0.25) is 4.98 Å². The Morgan fingerprint density at radius 1 is 1.32 bits per heavy atom. The van der Waals surface area contributed by atoms with Gasteiger partial charge in [-0.1, -0.05) is 6.07 Å². The first-order valence-electron chi connectivity index (χ1n) is 6.75. The van der Waals surface area contributed by atoms with Gasteiger partial charge in [-0.25, -0.2) is 0 Å². The van der Waals surface area contributed by atoms with E-state index in [1.807, 2.05) is 6.07 Å². The fourth-order valence-corrected chi connectivity index (χ4v) is 1.82. The Balaban J connectivity index is 2.18. The molecule has 1 aliphatic rings. The highest BCUT2D eigenvalue weighted by Gasteiger charge is 2.41. The normalized spacial score (nSPS) is 16.5. The molecular formula is C14H22BNO3. The van der Waals surface area contributed by atoms with Gasteiger partial charge in [0.2, 0.25) is 0 Å². The number of nitrogens with zero attached hydrogens (tertiary/aromatic N) is 1. The Bertz CT molecular complexity index is 452. The number of aromatic nitrogens is 1. The molecule has 4 nitrogen and oxygen atoms in total. The topological polar surface area (TPSA) is 62.6 Å². The molecule has 1 aromatic rings. The van der Waals surface area contributed by atoms with Crippen LogP contribution in [0.15, 0.2) is 18.3 Å². The van der Waals surface area contributed by atoms with Gasteiger partial charge >= 0.3 is 7.12 Å². The molecule has 0 unspecified atom stereocenters. The minimum absolute atomic E-state index is 0.444. The Kier molecular flexibility index (Phi) is 3.73. The fraction of sp³-hybridized carbons (Fsp3) is 0.643. The van der Waals surface area contributed by atoms with Crippen LogP contribution in [0.1, 0.15) is 52.1 Å². The van der Waals surface area contributed by atoms with Crippen molar-refractivity contribution in [1.29, 1.82) is 0 Å². The quantitative estimate of drug-likeness (QED) is 0.784. The van der Waals surface area contributed by atoms with Crippen LogP contribution in [0.2, 0.25) is 0 Å². The molecule has 2 rings (SSSR count). The highest BCUT2D eigenvalue weighted by molar-refractivity contribution is 6.60. The smallest absolute Gasteiger partial charge is 0.423 e. The van der Waals surface area contributed by atoms with Crippen molar-refractivity contribution in [2.45, 2.75) is 57.7 Å². The second-order valence-corrected chi connectivity index (χ2v) is 6.29. The third-order valence-corrected chi connectivity index (χ3v) is 3.98. The molecule has 0 spiro atoms. The van der Waals surface area contributed by atoms with Gasteiger partial charge in [0.1, 0.15) is 0 Å². The molecule has 5 heteroatoms. The predicted molar refractivity (Wildman–Crippen MR) is 75.3 cm³/mol. The highest BCUT2D eigenvalue weighted by Crippen LogP contribution is 2.38. The van der Waals surface area contributed by atoms with Crippen molar-refractivity contribution in [2.24, 2.45) is 0 Å². The largest absolute Gasteiger partial charge is 0.493 e. The van der Waals surface area contributed by atoms with Crippen LogP contribution in [-0.2, 0) is 4.65 Å². The van der Waals surface area contributed by atoms with Gasteiger partial charge in [-0.15, -0.1) is 0 Å². The molecule has 1 aliphatic carbocycles. The van der Waals surface area contributed by atoms with E-state index in [0.29, 0.717) is 11.4 Å². The third-order valence-electron chi connectivity index (χ3n) is 3.98. The minimum atomic E-state index is -1.06. The number of pyridine rings is 1. The summed E-state index contributed by atoms with van der Waals surface area (Å²) in [6.07, 6.45) is 3.97. The van der Waals surface area contributed by atoms with E-state index < -0.39 is 18.3 Å². The maximum atomic E-state index is 10.3. The molecule has 1 fully saturated rings. The molecular weight excluding hydrogens is 241 g/mol. The maximum Gasteiger partial charge on any atom is 0.493 e. The molecule has 0 aliphatic heterocycles. The lowest BCUT2D eigenvalue weighted by molar-refractivity contribution is -0.0982. The molecule has 0 bridgehead atoms. The van der Waals surface area contributed by atoms with Gasteiger partial charge in [-0.2, -0.15) is 0 Å². The van der Waals surface area contributed by atoms with Crippen LogP contribution < -0.4 is 5.46 Å². The van der Waals surface area contributed by atoms with Crippen LogP contribution in [0.4, 0.5) is 0 Å². The molecule has 1 saturated carbocycles. The summed E-state index contributed by atoms with van der Waals surface area (Å²) in [5.41, 5.74) is -0.275. The number of hydrogen-bond acceptors (Lipinski definition) is 4. The second kappa shape index (κ2) is 4.89. The van der Waals surface area contributed by atoms with Crippen molar-refractivity contribution in [3.8, 4) is 0 Å². The summed E-state index contributed by atoms with van der Waals surface area (Å²) >= 11 is 0. The molecule has 0 aromatic carbocycles. The van der Waals surface area contributed by atoms with Crippen LogP contribution in [0.25, 0.3) is 0 Å². The van der Waals surface area contributed by atoms with E-state index in [-0.39, 0.29) is 0 Å². The Morgan fingerprint density at radius 2 is 1.95 bits per heavy atom. The zero-order chi connectivity index (χ0) is 14.3. The fourth-order valence-electron chi connectivity index (χ4n) is 1.82. The number of hydrogen-bond donors (Lipinski definition) is 2. The van der Waals surface area contributed by atoms with Crippen molar-refractivity contribution in [2.75, 3.05) is 0 Å². The van der Waals surface area contributed by atoms with Gasteiger partial charge in [0.25, 0.3) is 0 Å². The van der Waals surface area contributed by atoms with E-state index in [1.54, 1.807) is 40.0 Å². The Morgan fingerprint density at radius 3 is 2.47 bits per heavy atom. The molecule has 0 saturated heterocycles. The SMILES string of the molecule is CC(C)(O)C(C)(C)OB(O)c1cccnc1C1CC1. The second-order valence-electron chi connectivity index (χ2n) is 6.29. The van der Waals surface area contributed by atoms with Crippen molar-refractivity contribution in [3.05, 3.63) is 24.0 Å². The van der Waals surface area contributed by atoms with Crippen LogP contribution >= 0.6 is 0 Å². The summed E-state index contributed by atoms with van der Waals surface area (Å²) in [5, 5.41) is 20.4. The monoisotopic (exact) mass is 263 g/mol. The number of rotatable bonds is 5. The lowest BCUT2D eigenvalue weighted by Gasteiger charge is -2.38. The van der Waals surface area contributed by atoms with Crippen LogP contribution in [0.3, 0.4) is 0 Å². The zero-order valence-corrected chi connectivity index (χ0v) is 12.1. The molecule has 1 heterocycles. The summed E-state index contributed by atoms with van der Waals surface area (Å²) in [4.78, 5) is 4.35. The molecule has 0 amide bonds. The summed E-state index contributed by atoms with van der Waals surface area (Å²) in [5.74, 6) is 0.444. The molecule has 19 heavy (non-hydrogen) atoms. The van der Waals surface area contributed by atoms with Crippen molar-refractivity contribution >= 4 is 12.6 Å². The minimum Gasteiger partial charge on any atom is -0.423 e. The van der Waals surface area contributed by atoms with Gasteiger partial charge in [0.15, 0.2) is 0 Å². The van der Waals surface area contributed by atoms with Crippen LogP contribution in [0.5, 0.6) is 0 Å². The summed E-state index contributed by atoms with van der Waals surface area (Å²) in [6.45, 7) is 6.88. The van der Waals surface area contributed by atoms with E-state index >= 15 is 0 Å². The lowest BCUT2D eigenvalue weighted by Crippen LogP contribution is -2.53. The van der Waals surface area contributed by atoms with E-state index in [9.17, 15) is 10.1 Å². The summed E-state index contributed by atoms with van der Waals surface area (Å²) < 4.78 is 5.67.